The van der Waals surface area contributed by atoms with Gasteiger partial charge in [0.25, 0.3) is 0 Å². The molecule has 1 saturated heterocycles. The number of aromatic nitrogens is 4. The Morgan fingerprint density at radius 3 is 2.13 bits per heavy atom. The van der Waals surface area contributed by atoms with Gasteiger partial charge in [-0.3, -0.25) is 4.57 Å². The molecule has 0 unspecified atom stereocenters. The standard InChI is InChI=1S/C35H59N5O4Si2/c1-12-13-41-31-29-30(37-32(38-31)39-35-18-23-14-24(19-35)16-25(15-23)20-35)40(22-36-29)28-17-26(44-46(10,11)34(5,6)7)27(43-28)21-42-45(8,9)33(2,3)4/h12,22-28H,1,13-21H2,2-11H3,(H,37,38,39)/t23?,24?,25?,26-,27+,28+,35?/m0/s1. The summed E-state index contributed by atoms with van der Waals surface area (Å²) in [5, 5.41) is 4.07. The van der Waals surface area contributed by atoms with Crippen molar-refractivity contribution in [2.24, 2.45) is 17.8 Å². The minimum absolute atomic E-state index is 0.0706. The van der Waals surface area contributed by atoms with Gasteiger partial charge in [0.05, 0.1) is 19.0 Å². The Balaban J connectivity index is 1.31. The first kappa shape index (κ1) is 34.1. The lowest BCUT2D eigenvalue weighted by molar-refractivity contribution is -0.0383. The van der Waals surface area contributed by atoms with Crippen molar-refractivity contribution in [3.8, 4) is 5.88 Å². The Labute approximate surface area is 278 Å². The minimum atomic E-state index is -2.08. The van der Waals surface area contributed by atoms with E-state index in [9.17, 15) is 0 Å². The molecular weight excluding hydrogens is 611 g/mol. The zero-order valence-electron chi connectivity index (χ0n) is 30.1. The monoisotopic (exact) mass is 669 g/mol. The Bertz CT molecular complexity index is 1390. The first-order valence-electron chi connectivity index (χ1n) is 17.6. The molecule has 1 aliphatic heterocycles. The summed E-state index contributed by atoms with van der Waals surface area (Å²) in [7, 11) is -4.07. The average molecular weight is 670 g/mol. The number of imidazole rings is 1. The van der Waals surface area contributed by atoms with Gasteiger partial charge in [0, 0.05) is 12.0 Å². The summed E-state index contributed by atoms with van der Waals surface area (Å²) in [5.74, 6) is 3.57. The summed E-state index contributed by atoms with van der Waals surface area (Å²) in [6.45, 7) is 27.7. The van der Waals surface area contributed by atoms with E-state index in [0.29, 0.717) is 37.0 Å². The summed E-state index contributed by atoms with van der Waals surface area (Å²) in [6, 6.07) is 0. The molecule has 1 N–H and O–H groups in total. The van der Waals surface area contributed by atoms with E-state index in [1.807, 2.05) is 6.33 Å². The molecule has 46 heavy (non-hydrogen) atoms. The van der Waals surface area contributed by atoms with Crippen molar-refractivity contribution in [1.82, 2.24) is 19.5 Å². The van der Waals surface area contributed by atoms with Gasteiger partial charge in [0.2, 0.25) is 11.8 Å². The molecule has 7 rings (SSSR count). The Kier molecular flexibility index (Phi) is 8.86. The van der Waals surface area contributed by atoms with Crippen LogP contribution in [0.1, 0.15) is 92.7 Å². The maximum Gasteiger partial charge on any atom is 0.247 e. The fourth-order valence-corrected chi connectivity index (χ4v) is 10.5. The fraction of sp³-hybridized carbons (Fsp3) is 0.800. The van der Waals surface area contributed by atoms with Crippen molar-refractivity contribution < 1.29 is 18.3 Å². The molecule has 0 aromatic carbocycles. The molecule has 2 aromatic heterocycles. The van der Waals surface area contributed by atoms with Gasteiger partial charge in [-0.2, -0.15) is 9.97 Å². The third-order valence-corrected chi connectivity index (χ3v) is 21.3. The number of nitrogens with one attached hydrogen (secondary N) is 1. The molecular formula is C35H59N5O4Si2. The van der Waals surface area contributed by atoms with E-state index in [1.165, 1.54) is 38.5 Å². The number of anilines is 1. The second-order valence-electron chi connectivity index (χ2n) is 18.0. The zero-order chi connectivity index (χ0) is 33.3. The highest BCUT2D eigenvalue weighted by molar-refractivity contribution is 6.74. The molecule has 0 amide bonds. The predicted octanol–water partition coefficient (Wildman–Crippen LogP) is 8.47. The van der Waals surface area contributed by atoms with Gasteiger partial charge in [-0.1, -0.05) is 54.2 Å². The van der Waals surface area contributed by atoms with Crippen LogP contribution in [0.4, 0.5) is 5.95 Å². The molecule has 4 saturated carbocycles. The van der Waals surface area contributed by atoms with Crippen LogP contribution in [0.25, 0.3) is 11.2 Å². The van der Waals surface area contributed by atoms with Crippen LogP contribution in [0.2, 0.25) is 36.3 Å². The van der Waals surface area contributed by atoms with Gasteiger partial charge in [-0.25, -0.2) is 4.98 Å². The first-order valence-corrected chi connectivity index (χ1v) is 23.4. The Morgan fingerprint density at radius 2 is 1.57 bits per heavy atom. The van der Waals surface area contributed by atoms with Crippen LogP contribution in [-0.2, 0) is 13.6 Å². The van der Waals surface area contributed by atoms with Crippen molar-refractivity contribution in [2.75, 3.05) is 18.5 Å². The second kappa shape index (κ2) is 12.0. The molecule has 256 valence electrons. The molecule has 4 bridgehead atoms. The molecule has 3 atom stereocenters. The van der Waals surface area contributed by atoms with Crippen LogP contribution in [-0.4, -0.2) is 67.1 Å². The second-order valence-corrected chi connectivity index (χ2v) is 27.5. The molecule has 0 radical (unpaired) electrons. The minimum Gasteiger partial charge on any atom is -0.472 e. The lowest BCUT2D eigenvalue weighted by atomic mass is 9.53. The van der Waals surface area contributed by atoms with Crippen LogP contribution in [0, 0.1) is 17.8 Å². The Hall–Kier alpha value is -1.80. The van der Waals surface area contributed by atoms with Crippen LogP contribution in [0.5, 0.6) is 5.88 Å². The SMILES string of the molecule is C=CCOc1nc(NC23CC4CC(CC(C4)C2)C3)nc2c1ncn2[C@H]1C[C@H](O[Si](C)(C)C(C)(C)C)[C@@H](CO[Si](C)(C)C(C)(C)C)O1. The third-order valence-electron chi connectivity index (χ3n) is 12.3. The van der Waals surface area contributed by atoms with Crippen molar-refractivity contribution in [3.05, 3.63) is 19.0 Å². The van der Waals surface area contributed by atoms with Gasteiger partial charge in [0.1, 0.15) is 18.9 Å². The zero-order valence-corrected chi connectivity index (χ0v) is 32.1. The van der Waals surface area contributed by atoms with E-state index in [0.717, 1.165) is 23.4 Å². The van der Waals surface area contributed by atoms with E-state index in [-0.39, 0.29) is 34.1 Å². The topological polar surface area (TPSA) is 92.6 Å². The molecule has 2 aromatic rings. The van der Waals surface area contributed by atoms with E-state index in [1.54, 1.807) is 6.08 Å². The van der Waals surface area contributed by atoms with Gasteiger partial charge in [-0.15, -0.1) is 0 Å². The normalized spacial score (nSPS) is 31.5. The summed E-state index contributed by atoms with van der Waals surface area (Å²) < 4.78 is 28.8. The number of fused-ring (bicyclic) bond motifs is 1. The average Bonchev–Trinajstić information content (AvgIpc) is 3.52. The van der Waals surface area contributed by atoms with E-state index in [2.05, 4.69) is 84.2 Å². The number of rotatable bonds is 11. The molecule has 5 aliphatic rings. The van der Waals surface area contributed by atoms with Crippen molar-refractivity contribution >= 4 is 33.7 Å². The molecule has 4 aliphatic carbocycles. The number of ether oxygens (including phenoxy) is 2. The van der Waals surface area contributed by atoms with E-state index >= 15 is 0 Å². The number of nitrogens with zero attached hydrogens (tertiary/aromatic N) is 4. The summed E-state index contributed by atoms with van der Waals surface area (Å²) in [4.78, 5) is 14.8. The third kappa shape index (κ3) is 6.60. The lowest BCUT2D eigenvalue weighted by Crippen LogP contribution is -2.55. The predicted molar refractivity (Wildman–Crippen MR) is 189 cm³/mol. The number of hydrogen-bond donors (Lipinski definition) is 1. The molecule has 3 heterocycles. The molecule has 11 heteroatoms. The largest absolute Gasteiger partial charge is 0.472 e. The van der Waals surface area contributed by atoms with Crippen LogP contribution in [0.15, 0.2) is 19.0 Å². The summed E-state index contributed by atoms with van der Waals surface area (Å²) >= 11 is 0. The molecule has 5 fully saturated rings. The lowest BCUT2D eigenvalue weighted by Gasteiger charge is -2.56. The maximum atomic E-state index is 7.06. The number of hydrogen-bond acceptors (Lipinski definition) is 8. The van der Waals surface area contributed by atoms with E-state index < -0.39 is 16.6 Å². The highest BCUT2D eigenvalue weighted by Gasteiger charge is 2.52. The first-order chi connectivity index (χ1) is 21.4. The van der Waals surface area contributed by atoms with Crippen molar-refractivity contribution in [2.45, 2.75) is 147 Å². The van der Waals surface area contributed by atoms with E-state index in [4.69, 9.17) is 33.3 Å². The summed E-state index contributed by atoms with van der Waals surface area (Å²) in [5.41, 5.74) is 1.44. The fourth-order valence-electron chi connectivity index (χ4n) is 8.10. The van der Waals surface area contributed by atoms with Gasteiger partial charge >= 0.3 is 0 Å². The maximum absolute atomic E-state index is 7.06. The molecule has 9 nitrogen and oxygen atoms in total. The molecule has 0 spiro atoms. The van der Waals surface area contributed by atoms with Crippen molar-refractivity contribution in [3.63, 3.8) is 0 Å². The highest BCUT2D eigenvalue weighted by Crippen LogP contribution is 2.56. The quantitative estimate of drug-likeness (QED) is 0.188. The summed E-state index contributed by atoms with van der Waals surface area (Å²) in [6.07, 6.45) is 11.5. The smallest absolute Gasteiger partial charge is 0.247 e. The van der Waals surface area contributed by atoms with Crippen LogP contribution < -0.4 is 10.1 Å². The van der Waals surface area contributed by atoms with Gasteiger partial charge in [0.15, 0.2) is 27.8 Å². The highest BCUT2D eigenvalue weighted by atomic mass is 28.4. The Morgan fingerprint density at radius 1 is 0.957 bits per heavy atom. The van der Waals surface area contributed by atoms with Crippen LogP contribution >= 0.6 is 0 Å². The van der Waals surface area contributed by atoms with Crippen molar-refractivity contribution in [1.29, 1.82) is 0 Å². The van der Waals surface area contributed by atoms with Crippen LogP contribution in [0.3, 0.4) is 0 Å². The van der Waals surface area contributed by atoms with Gasteiger partial charge < -0.3 is 23.6 Å². The van der Waals surface area contributed by atoms with Gasteiger partial charge in [-0.05, 0) is 92.5 Å².